The number of allylic oxidation sites excluding steroid dienone is 2. The molecule has 3 aliphatic carbocycles. The first-order valence-corrected chi connectivity index (χ1v) is 12.3. The molecule has 162 valence electrons. The zero-order valence-electron chi connectivity index (χ0n) is 18.1. The van der Waals surface area contributed by atoms with E-state index in [0.717, 1.165) is 44.7 Å². The molecule has 0 aliphatic heterocycles. The summed E-state index contributed by atoms with van der Waals surface area (Å²) in [6.07, 6.45) is 13.5. The van der Waals surface area contributed by atoms with Gasteiger partial charge in [-0.25, -0.2) is 0 Å². The van der Waals surface area contributed by atoms with Crippen LogP contribution in [0.3, 0.4) is 0 Å². The summed E-state index contributed by atoms with van der Waals surface area (Å²) in [4.78, 5) is 35.5. The van der Waals surface area contributed by atoms with Gasteiger partial charge in [0.05, 0.1) is 11.5 Å². The highest BCUT2D eigenvalue weighted by Gasteiger charge is 2.57. The van der Waals surface area contributed by atoms with Crippen molar-refractivity contribution < 1.29 is 14.4 Å². The maximum absolute atomic E-state index is 13.4. The van der Waals surface area contributed by atoms with Gasteiger partial charge in [0.1, 0.15) is 12.6 Å². The Morgan fingerprint density at radius 2 is 2.03 bits per heavy atom. The molecule has 0 saturated heterocycles. The van der Waals surface area contributed by atoms with Gasteiger partial charge >= 0.3 is 0 Å². The second kappa shape index (κ2) is 8.80. The van der Waals surface area contributed by atoms with Crippen LogP contribution in [-0.2, 0) is 14.4 Å². The summed E-state index contributed by atoms with van der Waals surface area (Å²) in [6, 6.07) is -0.488. The fraction of sp³-hybridized carbons (Fsp3) is 0.792. The molecule has 0 bridgehead atoms. The van der Waals surface area contributed by atoms with Gasteiger partial charge in [0.2, 0.25) is 5.91 Å². The molecule has 0 aromatic heterocycles. The third-order valence-electron chi connectivity index (χ3n) is 8.09. The second-order valence-corrected chi connectivity index (χ2v) is 12.9. The third-order valence-corrected chi connectivity index (χ3v) is 8.97. The number of hydrogen-bond donors (Lipinski definition) is 1. The van der Waals surface area contributed by atoms with E-state index in [2.05, 4.69) is 54.8 Å². The number of carbonyl (C=O) groups excluding carboxylic acids is 3. The standard InChI is InChI=1S/C24H36INO3/c1-22(25)13-10-19-17(15-22)8-9-20-23(19,2)11-6-12-24(20,3)21(29)26-18(16-28)7-4-5-14-27/h10,14,16-18,20H,4-9,11-13,15H2,1-3H3,(H,26,29)/t17?,18-,20?,22-,23-,24+/m0/s1. The van der Waals surface area contributed by atoms with E-state index < -0.39 is 11.5 Å². The average Bonchev–Trinajstić information content (AvgIpc) is 2.65. The minimum Gasteiger partial charge on any atom is -0.346 e. The number of alkyl halides is 1. The Morgan fingerprint density at radius 1 is 1.28 bits per heavy atom. The first kappa shape index (κ1) is 23.0. The van der Waals surface area contributed by atoms with E-state index in [1.165, 1.54) is 12.8 Å². The minimum atomic E-state index is -0.488. The molecule has 2 saturated carbocycles. The monoisotopic (exact) mass is 513 g/mol. The van der Waals surface area contributed by atoms with Crippen molar-refractivity contribution in [1.82, 2.24) is 5.32 Å². The third kappa shape index (κ3) is 4.49. The lowest BCUT2D eigenvalue weighted by atomic mass is 9.46. The molecule has 5 heteroatoms. The van der Waals surface area contributed by atoms with E-state index in [-0.39, 0.29) is 11.3 Å². The second-order valence-electron chi connectivity index (χ2n) is 10.3. The Kier molecular flexibility index (Phi) is 6.96. The lowest BCUT2D eigenvalue weighted by molar-refractivity contribution is -0.143. The van der Waals surface area contributed by atoms with Crippen LogP contribution in [0, 0.1) is 22.7 Å². The van der Waals surface area contributed by atoms with Crippen LogP contribution in [0.2, 0.25) is 0 Å². The molecule has 0 spiro atoms. The molecule has 0 aromatic rings. The van der Waals surface area contributed by atoms with Gasteiger partial charge in [-0.05, 0) is 68.6 Å². The first-order valence-electron chi connectivity index (χ1n) is 11.3. The Labute approximate surface area is 189 Å². The van der Waals surface area contributed by atoms with Crippen molar-refractivity contribution in [3.05, 3.63) is 11.6 Å². The molecule has 1 amide bonds. The predicted octanol–water partition coefficient (Wildman–Crippen LogP) is 5.18. The van der Waals surface area contributed by atoms with Crippen LogP contribution in [0.1, 0.15) is 85.0 Å². The van der Waals surface area contributed by atoms with Crippen molar-refractivity contribution in [1.29, 1.82) is 0 Å². The highest BCUT2D eigenvalue weighted by atomic mass is 127. The molecule has 1 N–H and O–H groups in total. The molecule has 2 fully saturated rings. The quantitative estimate of drug-likeness (QED) is 0.168. The average molecular weight is 513 g/mol. The zero-order valence-corrected chi connectivity index (χ0v) is 20.3. The lowest BCUT2D eigenvalue weighted by Gasteiger charge is -2.58. The Balaban J connectivity index is 1.80. The summed E-state index contributed by atoms with van der Waals surface area (Å²) < 4.78 is 0.350. The van der Waals surface area contributed by atoms with Gasteiger partial charge in [0.15, 0.2) is 0 Å². The van der Waals surface area contributed by atoms with Crippen molar-refractivity contribution in [3.8, 4) is 0 Å². The normalized spacial score (nSPS) is 40.1. The topological polar surface area (TPSA) is 63.2 Å². The number of fused-ring (bicyclic) bond motifs is 3. The van der Waals surface area contributed by atoms with Crippen molar-refractivity contribution in [2.75, 3.05) is 0 Å². The van der Waals surface area contributed by atoms with E-state index in [1.54, 1.807) is 5.57 Å². The minimum absolute atomic E-state index is 0.0326. The van der Waals surface area contributed by atoms with Gasteiger partial charge < -0.3 is 14.9 Å². The van der Waals surface area contributed by atoms with E-state index in [4.69, 9.17) is 0 Å². The fourth-order valence-electron chi connectivity index (χ4n) is 6.58. The number of halogens is 1. The van der Waals surface area contributed by atoms with Crippen LogP contribution in [-0.4, -0.2) is 27.9 Å². The van der Waals surface area contributed by atoms with Gasteiger partial charge in [-0.2, -0.15) is 0 Å². The van der Waals surface area contributed by atoms with E-state index in [0.29, 0.717) is 34.5 Å². The fourth-order valence-corrected chi connectivity index (χ4v) is 7.33. The molecule has 0 heterocycles. The molecule has 2 unspecified atom stereocenters. The molecule has 0 aromatic carbocycles. The van der Waals surface area contributed by atoms with Gasteiger partial charge in [-0.1, -0.05) is 61.4 Å². The van der Waals surface area contributed by atoms with Crippen LogP contribution < -0.4 is 5.32 Å². The van der Waals surface area contributed by atoms with Crippen molar-refractivity contribution >= 4 is 41.1 Å². The Hall–Kier alpha value is -0.720. The number of rotatable bonds is 7. The summed E-state index contributed by atoms with van der Waals surface area (Å²) in [5.74, 6) is 1.01. The Morgan fingerprint density at radius 3 is 2.72 bits per heavy atom. The van der Waals surface area contributed by atoms with E-state index in [9.17, 15) is 14.4 Å². The summed E-state index contributed by atoms with van der Waals surface area (Å²) >= 11 is 2.62. The number of carbonyl (C=O) groups is 3. The molecule has 4 nitrogen and oxygen atoms in total. The summed E-state index contributed by atoms with van der Waals surface area (Å²) in [7, 11) is 0. The highest BCUT2D eigenvalue weighted by molar-refractivity contribution is 14.1. The van der Waals surface area contributed by atoms with E-state index >= 15 is 0 Å². The SMILES string of the molecule is C[C@]1(I)CC=C2C(CCC3[C@](C)(C(=O)N[C@H](C=O)CCCC=O)CCC[C@@]23C)C1. The molecule has 0 radical (unpaired) electrons. The summed E-state index contributed by atoms with van der Waals surface area (Å²) in [5, 5.41) is 3.03. The number of unbranched alkanes of at least 4 members (excludes halogenated alkanes) is 1. The molecule has 6 atom stereocenters. The maximum atomic E-state index is 13.4. The van der Waals surface area contributed by atoms with Crippen LogP contribution in [0.5, 0.6) is 0 Å². The largest absolute Gasteiger partial charge is 0.346 e. The molecule has 29 heavy (non-hydrogen) atoms. The maximum Gasteiger partial charge on any atom is 0.226 e. The highest BCUT2D eigenvalue weighted by Crippen LogP contribution is 2.63. The zero-order chi connectivity index (χ0) is 21.3. The summed E-state index contributed by atoms with van der Waals surface area (Å²) in [5.41, 5.74) is 1.27. The van der Waals surface area contributed by atoms with Crippen LogP contribution in [0.25, 0.3) is 0 Å². The molecule has 3 aliphatic rings. The summed E-state index contributed by atoms with van der Waals surface area (Å²) in [6.45, 7) is 6.89. The first-order chi connectivity index (χ1) is 13.7. The van der Waals surface area contributed by atoms with Gasteiger partial charge in [-0.3, -0.25) is 4.79 Å². The molecular formula is C24H36INO3. The predicted molar refractivity (Wildman–Crippen MR) is 124 cm³/mol. The number of amides is 1. The van der Waals surface area contributed by atoms with Gasteiger partial charge in [-0.15, -0.1) is 0 Å². The Bertz CT molecular complexity index is 688. The number of aldehydes is 2. The molecule has 3 rings (SSSR count). The van der Waals surface area contributed by atoms with Crippen LogP contribution >= 0.6 is 22.6 Å². The molecular weight excluding hydrogens is 477 g/mol. The number of hydrogen-bond acceptors (Lipinski definition) is 3. The van der Waals surface area contributed by atoms with Crippen molar-refractivity contribution in [3.63, 3.8) is 0 Å². The van der Waals surface area contributed by atoms with Crippen LogP contribution in [0.15, 0.2) is 11.6 Å². The van der Waals surface area contributed by atoms with Crippen LogP contribution in [0.4, 0.5) is 0 Å². The van der Waals surface area contributed by atoms with Crippen molar-refractivity contribution in [2.45, 2.75) is 94.4 Å². The van der Waals surface area contributed by atoms with Gasteiger partial charge in [0.25, 0.3) is 0 Å². The number of nitrogens with one attached hydrogen (secondary N) is 1. The van der Waals surface area contributed by atoms with Crippen molar-refractivity contribution in [2.24, 2.45) is 22.7 Å². The smallest absolute Gasteiger partial charge is 0.226 e. The van der Waals surface area contributed by atoms with Gasteiger partial charge in [0, 0.05) is 9.84 Å². The lowest BCUT2D eigenvalue weighted by Crippen LogP contribution is -2.57. The van der Waals surface area contributed by atoms with E-state index in [1.807, 2.05) is 0 Å².